The van der Waals surface area contributed by atoms with Gasteiger partial charge < -0.3 is 14.5 Å². The molecule has 0 N–H and O–H groups in total. The summed E-state index contributed by atoms with van der Waals surface area (Å²) < 4.78 is 6.02. The molecule has 0 saturated heterocycles. The smallest absolute Gasteiger partial charge is 0.142 e. The minimum Gasteiger partial charge on any atom is -0.490 e. The minimum atomic E-state index is 0.139. The topological polar surface area (TPSA) is 15.7 Å². The molecular formula is C31H46N2O. The maximum absolute atomic E-state index is 6.02. The van der Waals surface area contributed by atoms with E-state index in [0.29, 0.717) is 12.1 Å². The maximum atomic E-state index is 6.02. The van der Waals surface area contributed by atoms with Crippen LogP contribution in [0.25, 0.3) is 0 Å². The molecule has 3 nitrogen and oxygen atoms in total. The van der Waals surface area contributed by atoms with Crippen LogP contribution >= 0.6 is 0 Å². The summed E-state index contributed by atoms with van der Waals surface area (Å²) in [5.41, 5.74) is 7.39. The van der Waals surface area contributed by atoms with Crippen LogP contribution in [0.4, 0.5) is 11.4 Å². The van der Waals surface area contributed by atoms with Crippen molar-refractivity contribution >= 4 is 11.4 Å². The highest BCUT2D eigenvalue weighted by atomic mass is 16.5. The molecule has 3 heteroatoms. The Morgan fingerprint density at radius 2 is 1.56 bits per heavy atom. The molecule has 0 fully saturated rings. The van der Waals surface area contributed by atoms with Crippen LogP contribution < -0.4 is 14.5 Å². The van der Waals surface area contributed by atoms with Gasteiger partial charge >= 0.3 is 0 Å². The summed E-state index contributed by atoms with van der Waals surface area (Å²) in [5.74, 6) is 1.04. The Morgan fingerprint density at radius 3 is 2.26 bits per heavy atom. The van der Waals surface area contributed by atoms with Crippen LogP contribution in [0.2, 0.25) is 0 Å². The van der Waals surface area contributed by atoms with Gasteiger partial charge in [0.25, 0.3) is 0 Å². The second kappa shape index (κ2) is 9.47. The molecule has 0 saturated carbocycles. The first-order valence-electron chi connectivity index (χ1n) is 13.4. The quantitative estimate of drug-likeness (QED) is 0.442. The number of rotatable bonds is 6. The van der Waals surface area contributed by atoms with Gasteiger partial charge in [-0.05, 0) is 92.2 Å². The van der Waals surface area contributed by atoms with Gasteiger partial charge in [0.15, 0.2) is 0 Å². The predicted octanol–water partition coefficient (Wildman–Crippen LogP) is 7.49. The summed E-state index contributed by atoms with van der Waals surface area (Å²) in [7, 11) is 0. The van der Waals surface area contributed by atoms with Gasteiger partial charge in [0.2, 0.25) is 0 Å². The summed E-state index contributed by atoms with van der Waals surface area (Å²) in [5, 5.41) is 0. The number of hydrogen-bond donors (Lipinski definition) is 0. The summed E-state index contributed by atoms with van der Waals surface area (Å²) in [6.07, 6.45) is 4.81. The maximum Gasteiger partial charge on any atom is 0.142 e. The van der Waals surface area contributed by atoms with Gasteiger partial charge in [-0.15, -0.1) is 0 Å². The molecule has 2 aliphatic rings. The van der Waals surface area contributed by atoms with Crippen LogP contribution in [0.3, 0.4) is 0 Å². The van der Waals surface area contributed by atoms with Crippen molar-refractivity contribution in [3.8, 4) is 5.75 Å². The van der Waals surface area contributed by atoms with Gasteiger partial charge in [-0.2, -0.15) is 0 Å². The lowest BCUT2D eigenvalue weighted by atomic mass is 9.78. The molecule has 0 radical (unpaired) electrons. The Balaban J connectivity index is 1.51. The van der Waals surface area contributed by atoms with Crippen LogP contribution in [0.1, 0.15) is 91.3 Å². The zero-order chi connectivity index (χ0) is 24.7. The average molecular weight is 463 g/mol. The first kappa shape index (κ1) is 24.9. The van der Waals surface area contributed by atoms with Gasteiger partial charge in [0, 0.05) is 24.3 Å². The van der Waals surface area contributed by atoms with Crippen molar-refractivity contribution in [3.05, 3.63) is 53.1 Å². The fourth-order valence-electron chi connectivity index (χ4n) is 5.59. The van der Waals surface area contributed by atoms with Crippen LogP contribution in [0.15, 0.2) is 36.4 Å². The van der Waals surface area contributed by atoms with Crippen LogP contribution in [0, 0.1) is 0 Å². The Kier molecular flexibility index (Phi) is 6.95. The lowest BCUT2D eigenvalue weighted by Gasteiger charge is -2.39. The molecule has 186 valence electrons. The summed E-state index contributed by atoms with van der Waals surface area (Å²) in [6.45, 7) is 21.6. The SMILES string of the molecule is CC(C)N1CCCc2ccc(C(C)(C)CCC(C)N3CCOc4ccc(C(C)(C)C)cc43)cc21. The fraction of sp³-hybridized carbons (Fsp3) is 0.613. The van der Waals surface area contributed by atoms with E-state index in [9.17, 15) is 0 Å². The van der Waals surface area contributed by atoms with Crippen LogP contribution in [-0.4, -0.2) is 31.8 Å². The van der Waals surface area contributed by atoms with Gasteiger partial charge in [-0.3, -0.25) is 0 Å². The molecule has 0 aromatic heterocycles. The third kappa shape index (κ3) is 5.09. The second-order valence-corrected chi connectivity index (χ2v) is 12.5. The summed E-state index contributed by atoms with van der Waals surface area (Å²) in [6, 6.07) is 15.1. The lowest BCUT2D eigenvalue weighted by Crippen LogP contribution is -2.40. The van der Waals surface area contributed by atoms with Crippen molar-refractivity contribution in [1.82, 2.24) is 0 Å². The van der Waals surface area contributed by atoms with Crippen LogP contribution in [-0.2, 0) is 17.3 Å². The van der Waals surface area contributed by atoms with Crippen molar-refractivity contribution in [3.63, 3.8) is 0 Å². The van der Waals surface area contributed by atoms with E-state index >= 15 is 0 Å². The molecule has 2 aromatic carbocycles. The zero-order valence-electron chi connectivity index (χ0n) is 22.9. The van der Waals surface area contributed by atoms with E-state index in [1.807, 2.05) is 0 Å². The van der Waals surface area contributed by atoms with Crippen molar-refractivity contribution in [2.24, 2.45) is 0 Å². The third-order valence-corrected chi connectivity index (χ3v) is 8.09. The molecule has 4 rings (SSSR count). The van der Waals surface area contributed by atoms with Crippen molar-refractivity contribution in [2.75, 3.05) is 29.5 Å². The van der Waals surface area contributed by atoms with Crippen molar-refractivity contribution in [2.45, 2.75) is 104 Å². The number of aryl methyl sites for hydroxylation is 1. The Labute approximate surface area is 208 Å². The highest BCUT2D eigenvalue weighted by molar-refractivity contribution is 5.63. The highest BCUT2D eigenvalue weighted by Crippen LogP contribution is 2.40. The van der Waals surface area contributed by atoms with E-state index in [1.165, 1.54) is 53.9 Å². The summed E-state index contributed by atoms with van der Waals surface area (Å²) >= 11 is 0. The van der Waals surface area contributed by atoms with Gasteiger partial charge in [0.05, 0.1) is 12.2 Å². The molecule has 2 heterocycles. The second-order valence-electron chi connectivity index (χ2n) is 12.5. The predicted molar refractivity (Wildman–Crippen MR) is 147 cm³/mol. The minimum absolute atomic E-state index is 0.139. The molecule has 1 atom stereocenters. The van der Waals surface area contributed by atoms with Crippen LogP contribution in [0.5, 0.6) is 5.75 Å². The molecule has 2 aromatic rings. The van der Waals surface area contributed by atoms with E-state index in [2.05, 4.69) is 102 Å². The number of nitrogens with zero attached hydrogens (tertiary/aromatic N) is 2. The number of ether oxygens (including phenoxy) is 1. The normalized spacial score (nSPS) is 17.3. The lowest BCUT2D eigenvalue weighted by molar-refractivity contribution is 0.296. The van der Waals surface area contributed by atoms with E-state index in [0.717, 1.165) is 25.3 Å². The summed E-state index contributed by atoms with van der Waals surface area (Å²) in [4.78, 5) is 5.18. The Bertz CT molecular complexity index is 1000. The van der Waals surface area contributed by atoms with E-state index in [-0.39, 0.29) is 10.8 Å². The van der Waals surface area contributed by atoms with E-state index in [4.69, 9.17) is 4.74 Å². The number of fused-ring (bicyclic) bond motifs is 2. The molecule has 1 unspecified atom stereocenters. The molecule has 0 amide bonds. The molecule has 0 aliphatic carbocycles. The monoisotopic (exact) mass is 462 g/mol. The molecular weight excluding hydrogens is 416 g/mol. The van der Waals surface area contributed by atoms with Crippen molar-refractivity contribution < 1.29 is 4.74 Å². The third-order valence-electron chi connectivity index (χ3n) is 8.09. The Morgan fingerprint density at radius 1 is 0.853 bits per heavy atom. The highest BCUT2D eigenvalue weighted by Gasteiger charge is 2.29. The van der Waals surface area contributed by atoms with E-state index in [1.54, 1.807) is 0 Å². The van der Waals surface area contributed by atoms with Gasteiger partial charge in [-0.25, -0.2) is 0 Å². The van der Waals surface area contributed by atoms with Gasteiger partial charge in [-0.1, -0.05) is 52.8 Å². The number of hydrogen-bond acceptors (Lipinski definition) is 3. The fourth-order valence-corrected chi connectivity index (χ4v) is 5.59. The average Bonchev–Trinajstić information content (AvgIpc) is 2.80. The largest absolute Gasteiger partial charge is 0.490 e. The van der Waals surface area contributed by atoms with Crippen molar-refractivity contribution in [1.29, 1.82) is 0 Å². The zero-order valence-corrected chi connectivity index (χ0v) is 22.9. The number of anilines is 2. The molecule has 0 spiro atoms. The van der Waals surface area contributed by atoms with Gasteiger partial charge in [0.1, 0.15) is 12.4 Å². The Hall–Kier alpha value is -2.16. The standard InChI is InChI=1S/C31H46N2O/c1-22(2)32-17-9-10-24-11-12-26(21-27(24)32)31(7,8)16-15-23(3)33-18-19-34-29-14-13-25(20-28(29)33)30(4,5)6/h11-14,20-23H,9-10,15-19H2,1-8H3. The first-order valence-corrected chi connectivity index (χ1v) is 13.4. The molecule has 34 heavy (non-hydrogen) atoms. The number of benzene rings is 2. The first-order chi connectivity index (χ1) is 16.0. The van der Waals surface area contributed by atoms with E-state index < -0.39 is 0 Å². The molecule has 0 bridgehead atoms. The molecule has 2 aliphatic heterocycles.